The first-order valence-corrected chi connectivity index (χ1v) is 7.88. The number of hydrogen-bond acceptors (Lipinski definition) is 4. The third-order valence-corrected chi connectivity index (χ3v) is 4.44. The van der Waals surface area contributed by atoms with Gasteiger partial charge in [0.2, 0.25) is 5.91 Å². The Morgan fingerprint density at radius 2 is 2.11 bits per heavy atom. The molecule has 0 aliphatic rings. The Balaban J connectivity index is 2.77. The number of methoxy groups -OCH3 is 1. The lowest BCUT2D eigenvalue weighted by Crippen LogP contribution is -2.37. The Bertz CT molecular complexity index is 571. The summed E-state index contributed by atoms with van der Waals surface area (Å²) in [5.74, 6) is 0.0289. The fraction of sp³-hybridized carbons (Fsp3) is 0.417. The normalized spacial score (nSPS) is 12.8. The van der Waals surface area contributed by atoms with Crippen molar-refractivity contribution in [1.29, 1.82) is 0 Å². The predicted octanol–water partition coefficient (Wildman–Crippen LogP) is 1.40. The van der Waals surface area contributed by atoms with E-state index in [0.29, 0.717) is 16.3 Å². The highest BCUT2D eigenvalue weighted by Crippen LogP contribution is 2.22. The molecule has 0 aliphatic heterocycles. The molecule has 0 aromatic heterocycles. The van der Waals surface area contributed by atoms with Crippen LogP contribution in [-0.2, 0) is 21.2 Å². The molecule has 5 nitrogen and oxygen atoms in total. The summed E-state index contributed by atoms with van der Waals surface area (Å²) < 4.78 is 27.6. The van der Waals surface area contributed by atoms with Crippen LogP contribution in [0.5, 0.6) is 5.75 Å². The van der Waals surface area contributed by atoms with E-state index in [1.54, 1.807) is 18.2 Å². The molecular formula is C12H16ClNO4S. The molecule has 0 spiro atoms. The summed E-state index contributed by atoms with van der Waals surface area (Å²) in [4.78, 5) is 11.7. The molecule has 0 saturated carbocycles. The fourth-order valence-corrected chi connectivity index (χ4v) is 2.07. The second-order valence-corrected chi connectivity index (χ2v) is 6.95. The van der Waals surface area contributed by atoms with Crippen molar-refractivity contribution in [3.05, 3.63) is 28.8 Å². The summed E-state index contributed by atoms with van der Waals surface area (Å²) in [6.07, 6.45) is 1.03. The summed E-state index contributed by atoms with van der Waals surface area (Å²) in [6, 6.07) is 5.01. The number of benzene rings is 1. The first-order chi connectivity index (χ1) is 8.75. The molecule has 0 radical (unpaired) electrons. The predicted molar refractivity (Wildman–Crippen MR) is 74.2 cm³/mol. The van der Waals surface area contributed by atoms with Gasteiger partial charge in [-0.25, -0.2) is 8.42 Å². The highest BCUT2D eigenvalue weighted by atomic mass is 35.5. The van der Waals surface area contributed by atoms with Crippen LogP contribution in [0.15, 0.2) is 18.2 Å². The third kappa shape index (κ3) is 4.40. The molecule has 0 bridgehead atoms. The fourth-order valence-electron chi connectivity index (χ4n) is 1.41. The lowest BCUT2D eigenvalue weighted by molar-refractivity contribution is -0.120. The number of halogens is 1. The van der Waals surface area contributed by atoms with Crippen molar-refractivity contribution in [3.63, 3.8) is 0 Å². The van der Waals surface area contributed by atoms with E-state index in [2.05, 4.69) is 5.32 Å². The van der Waals surface area contributed by atoms with E-state index in [0.717, 1.165) is 6.26 Å². The van der Waals surface area contributed by atoms with Crippen molar-refractivity contribution in [2.75, 3.05) is 13.4 Å². The summed E-state index contributed by atoms with van der Waals surface area (Å²) in [5.41, 5.74) is 0.684. The summed E-state index contributed by atoms with van der Waals surface area (Å²) in [7, 11) is -1.89. The summed E-state index contributed by atoms with van der Waals surface area (Å²) in [5, 5.41) is 1.98. The average molecular weight is 306 g/mol. The maximum Gasteiger partial charge on any atom is 0.238 e. The van der Waals surface area contributed by atoms with Gasteiger partial charge < -0.3 is 10.1 Å². The standard InChI is InChI=1S/C12H16ClNO4S/c1-8(19(3,16)17)12(15)14-7-9-6-10(13)4-5-11(9)18-2/h4-6,8H,7H2,1-3H3,(H,14,15)/t8-/m1/s1. The monoisotopic (exact) mass is 305 g/mol. The lowest BCUT2D eigenvalue weighted by atomic mass is 10.2. The van der Waals surface area contributed by atoms with E-state index >= 15 is 0 Å². The van der Waals surface area contributed by atoms with Crippen LogP contribution in [0.2, 0.25) is 5.02 Å². The third-order valence-electron chi connectivity index (χ3n) is 2.71. The smallest absolute Gasteiger partial charge is 0.238 e. The van der Waals surface area contributed by atoms with Gasteiger partial charge in [0.25, 0.3) is 0 Å². The van der Waals surface area contributed by atoms with Gasteiger partial charge in [0.15, 0.2) is 9.84 Å². The Labute approximate surface area is 117 Å². The van der Waals surface area contributed by atoms with Gasteiger partial charge in [0, 0.05) is 23.4 Å². The maximum atomic E-state index is 11.7. The molecule has 0 saturated heterocycles. The van der Waals surface area contributed by atoms with Crippen LogP contribution in [0.3, 0.4) is 0 Å². The SMILES string of the molecule is COc1ccc(Cl)cc1CNC(=O)[C@@H](C)S(C)(=O)=O. The first kappa shape index (κ1) is 15.8. The van der Waals surface area contributed by atoms with Crippen molar-refractivity contribution in [1.82, 2.24) is 5.32 Å². The van der Waals surface area contributed by atoms with E-state index in [1.807, 2.05) is 0 Å². The number of amides is 1. The quantitative estimate of drug-likeness (QED) is 0.892. The Morgan fingerprint density at radius 1 is 1.47 bits per heavy atom. The number of ether oxygens (including phenoxy) is 1. The van der Waals surface area contributed by atoms with Gasteiger partial charge in [-0.15, -0.1) is 0 Å². The van der Waals surface area contributed by atoms with Crippen molar-refractivity contribution >= 4 is 27.3 Å². The molecule has 0 aliphatic carbocycles. The molecule has 7 heteroatoms. The molecule has 1 amide bonds. The zero-order valence-electron chi connectivity index (χ0n) is 10.9. The lowest BCUT2D eigenvalue weighted by Gasteiger charge is -2.12. The maximum absolute atomic E-state index is 11.7. The van der Waals surface area contributed by atoms with E-state index in [4.69, 9.17) is 16.3 Å². The van der Waals surface area contributed by atoms with Crippen molar-refractivity contribution < 1.29 is 17.9 Å². The van der Waals surface area contributed by atoms with Gasteiger partial charge in [0.1, 0.15) is 11.0 Å². The minimum atomic E-state index is -3.40. The van der Waals surface area contributed by atoms with E-state index < -0.39 is 21.0 Å². The molecule has 1 N–H and O–H groups in total. The molecule has 1 rings (SSSR count). The van der Waals surface area contributed by atoms with Gasteiger partial charge in [-0.05, 0) is 25.1 Å². The second kappa shape index (κ2) is 6.25. The zero-order valence-corrected chi connectivity index (χ0v) is 12.5. The highest BCUT2D eigenvalue weighted by molar-refractivity contribution is 7.92. The minimum absolute atomic E-state index is 0.155. The Morgan fingerprint density at radius 3 is 2.63 bits per heavy atom. The number of nitrogens with one attached hydrogen (secondary N) is 1. The number of hydrogen-bond donors (Lipinski definition) is 1. The molecule has 19 heavy (non-hydrogen) atoms. The number of carbonyl (C=O) groups excluding carboxylic acids is 1. The molecule has 0 heterocycles. The largest absolute Gasteiger partial charge is 0.496 e. The van der Waals surface area contributed by atoms with Crippen LogP contribution in [-0.4, -0.2) is 32.9 Å². The molecule has 1 atom stereocenters. The Kier molecular flexibility index (Phi) is 5.20. The van der Waals surface area contributed by atoms with Gasteiger partial charge in [0.05, 0.1) is 7.11 Å². The van der Waals surface area contributed by atoms with E-state index in [-0.39, 0.29) is 6.54 Å². The summed E-state index contributed by atoms with van der Waals surface area (Å²) in [6.45, 7) is 1.50. The van der Waals surface area contributed by atoms with Crippen LogP contribution in [0.1, 0.15) is 12.5 Å². The van der Waals surface area contributed by atoms with E-state index in [1.165, 1.54) is 14.0 Å². The van der Waals surface area contributed by atoms with Gasteiger partial charge in [-0.2, -0.15) is 0 Å². The Hall–Kier alpha value is -1.27. The van der Waals surface area contributed by atoms with Gasteiger partial charge in [-0.1, -0.05) is 11.6 Å². The van der Waals surface area contributed by atoms with Crippen LogP contribution in [0.4, 0.5) is 0 Å². The van der Waals surface area contributed by atoms with Crippen LogP contribution < -0.4 is 10.1 Å². The molecule has 1 aromatic carbocycles. The minimum Gasteiger partial charge on any atom is -0.496 e. The molecule has 1 aromatic rings. The number of carbonyl (C=O) groups is 1. The van der Waals surface area contributed by atoms with Crippen molar-refractivity contribution in [3.8, 4) is 5.75 Å². The molecule has 0 fully saturated rings. The zero-order chi connectivity index (χ0) is 14.6. The van der Waals surface area contributed by atoms with Crippen LogP contribution >= 0.6 is 11.6 Å². The molecule has 0 unspecified atom stereocenters. The van der Waals surface area contributed by atoms with Gasteiger partial charge >= 0.3 is 0 Å². The highest BCUT2D eigenvalue weighted by Gasteiger charge is 2.23. The van der Waals surface area contributed by atoms with Crippen molar-refractivity contribution in [2.24, 2.45) is 0 Å². The number of rotatable bonds is 5. The second-order valence-electron chi connectivity index (χ2n) is 4.15. The first-order valence-electron chi connectivity index (χ1n) is 5.54. The topological polar surface area (TPSA) is 72.5 Å². The number of sulfone groups is 1. The molecule has 106 valence electrons. The summed E-state index contributed by atoms with van der Waals surface area (Å²) >= 11 is 5.86. The van der Waals surface area contributed by atoms with E-state index in [9.17, 15) is 13.2 Å². The van der Waals surface area contributed by atoms with Crippen LogP contribution in [0.25, 0.3) is 0 Å². The molecular weight excluding hydrogens is 290 g/mol. The van der Waals surface area contributed by atoms with Crippen LogP contribution in [0, 0.1) is 0 Å². The van der Waals surface area contributed by atoms with Crippen molar-refractivity contribution in [2.45, 2.75) is 18.7 Å². The van der Waals surface area contributed by atoms with Gasteiger partial charge in [-0.3, -0.25) is 4.79 Å². The average Bonchev–Trinajstić information content (AvgIpc) is 2.34.